The average Bonchev–Trinajstić information content (AvgIpc) is 2.19. The van der Waals surface area contributed by atoms with Crippen molar-refractivity contribution < 1.29 is 0 Å². The van der Waals surface area contributed by atoms with Crippen LogP contribution in [0.15, 0.2) is 24.3 Å². The fourth-order valence-electron chi connectivity index (χ4n) is 2.40. The predicted octanol–water partition coefficient (Wildman–Crippen LogP) is 3.72. The minimum absolute atomic E-state index is 0.794. The number of benzene rings is 1. The standard InChI is InChI=1S/C13H17/c1-2-6-11-8-5-9-12-7-3-4-10-13(11)12/h3-4,7,10-11H,1-2,5-6,8-9H2. The molecule has 0 heteroatoms. The van der Waals surface area contributed by atoms with Crippen molar-refractivity contribution in [2.24, 2.45) is 0 Å². The van der Waals surface area contributed by atoms with Crippen molar-refractivity contribution in [3.8, 4) is 0 Å². The Kier molecular flexibility index (Phi) is 2.68. The molecule has 0 N–H and O–H groups in total. The molecule has 13 heavy (non-hydrogen) atoms. The van der Waals surface area contributed by atoms with Gasteiger partial charge in [-0.15, -0.1) is 0 Å². The van der Waals surface area contributed by atoms with Gasteiger partial charge < -0.3 is 0 Å². The molecule has 1 radical (unpaired) electrons. The third-order valence-electron chi connectivity index (χ3n) is 3.05. The highest BCUT2D eigenvalue weighted by Gasteiger charge is 2.18. The first kappa shape index (κ1) is 8.80. The molecule has 0 saturated carbocycles. The van der Waals surface area contributed by atoms with E-state index in [-0.39, 0.29) is 0 Å². The molecule has 1 aliphatic rings. The van der Waals surface area contributed by atoms with Crippen LogP contribution in [0.5, 0.6) is 0 Å². The first-order valence-electron chi connectivity index (χ1n) is 5.29. The maximum absolute atomic E-state index is 3.95. The first-order valence-corrected chi connectivity index (χ1v) is 5.29. The molecule has 0 heterocycles. The molecule has 1 atom stereocenters. The molecule has 1 aliphatic carbocycles. The number of hydrogen-bond donors (Lipinski definition) is 0. The van der Waals surface area contributed by atoms with Crippen molar-refractivity contribution in [3.63, 3.8) is 0 Å². The maximum atomic E-state index is 3.95. The summed E-state index contributed by atoms with van der Waals surface area (Å²) in [5, 5.41) is 0. The third-order valence-corrected chi connectivity index (χ3v) is 3.05. The summed E-state index contributed by atoms with van der Waals surface area (Å²) in [6.45, 7) is 3.95. The molecule has 2 rings (SSSR count). The van der Waals surface area contributed by atoms with Gasteiger partial charge in [0.2, 0.25) is 0 Å². The largest absolute Gasteiger partial charge is 0.0620 e. The monoisotopic (exact) mass is 173 g/mol. The van der Waals surface area contributed by atoms with Crippen LogP contribution in [-0.4, -0.2) is 0 Å². The Hall–Kier alpha value is -0.780. The van der Waals surface area contributed by atoms with Crippen LogP contribution in [0.1, 0.15) is 42.7 Å². The average molecular weight is 173 g/mol. The minimum atomic E-state index is 0.794. The van der Waals surface area contributed by atoms with Gasteiger partial charge in [0.25, 0.3) is 0 Å². The number of fused-ring (bicyclic) bond motifs is 1. The summed E-state index contributed by atoms with van der Waals surface area (Å²) in [4.78, 5) is 0. The van der Waals surface area contributed by atoms with Gasteiger partial charge >= 0.3 is 0 Å². The molecule has 0 amide bonds. The summed E-state index contributed by atoms with van der Waals surface area (Å²) < 4.78 is 0. The highest BCUT2D eigenvalue weighted by Crippen LogP contribution is 2.34. The molecule has 0 nitrogen and oxygen atoms in total. The number of aryl methyl sites for hydroxylation is 1. The normalized spacial score (nSPS) is 21.2. The van der Waals surface area contributed by atoms with Gasteiger partial charge in [-0.3, -0.25) is 0 Å². The Balaban J connectivity index is 2.26. The van der Waals surface area contributed by atoms with E-state index in [2.05, 4.69) is 31.2 Å². The Labute approximate surface area is 81.0 Å². The lowest BCUT2D eigenvalue weighted by Crippen LogP contribution is -2.09. The number of hydrogen-bond acceptors (Lipinski definition) is 0. The van der Waals surface area contributed by atoms with Crippen LogP contribution in [-0.2, 0) is 6.42 Å². The topological polar surface area (TPSA) is 0 Å². The molecule has 0 spiro atoms. The van der Waals surface area contributed by atoms with Crippen molar-refractivity contribution in [1.82, 2.24) is 0 Å². The Morgan fingerprint density at radius 3 is 3.00 bits per heavy atom. The molecule has 0 saturated heterocycles. The van der Waals surface area contributed by atoms with Gasteiger partial charge in [-0.2, -0.15) is 0 Å². The summed E-state index contributed by atoms with van der Waals surface area (Å²) in [5.74, 6) is 0.794. The fourth-order valence-corrected chi connectivity index (χ4v) is 2.40. The van der Waals surface area contributed by atoms with Crippen LogP contribution >= 0.6 is 0 Å². The summed E-state index contributed by atoms with van der Waals surface area (Å²) in [5.41, 5.74) is 3.17. The molecule has 1 aromatic rings. The van der Waals surface area contributed by atoms with Crippen LogP contribution < -0.4 is 0 Å². The zero-order valence-electron chi connectivity index (χ0n) is 8.13. The molecule has 1 unspecified atom stereocenters. The van der Waals surface area contributed by atoms with Crippen molar-refractivity contribution >= 4 is 0 Å². The van der Waals surface area contributed by atoms with Crippen LogP contribution in [0.4, 0.5) is 0 Å². The van der Waals surface area contributed by atoms with E-state index in [1.165, 1.54) is 25.7 Å². The van der Waals surface area contributed by atoms with Gasteiger partial charge in [0, 0.05) is 0 Å². The van der Waals surface area contributed by atoms with Crippen LogP contribution in [0.25, 0.3) is 0 Å². The van der Waals surface area contributed by atoms with Gasteiger partial charge in [0.1, 0.15) is 0 Å². The van der Waals surface area contributed by atoms with E-state index in [1.807, 2.05) is 0 Å². The number of rotatable bonds is 2. The maximum Gasteiger partial charge on any atom is -0.0159 e. The summed E-state index contributed by atoms with van der Waals surface area (Å²) in [6, 6.07) is 8.91. The first-order chi connectivity index (χ1) is 6.42. The Morgan fingerprint density at radius 1 is 1.31 bits per heavy atom. The molecule has 69 valence electrons. The van der Waals surface area contributed by atoms with E-state index in [1.54, 1.807) is 11.1 Å². The van der Waals surface area contributed by atoms with E-state index in [4.69, 9.17) is 0 Å². The molecular weight excluding hydrogens is 156 g/mol. The van der Waals surface area contributed by atoms with Crippen LogP contribution in [0.3, 0.4) is 0 Å². The Bertz CT molecular complexity index is 275. The van der Waals surface area contributed by atoms with Crippen molar-refractivity contribution in [2.45, 2.75) is 38.0 Å². The summed E-state index contributed by atoms with van der Waals surface area (Å²) in [7, 11) is 0. The van der Waals surface area contributed by atoms with E-state index in [0.29, 0.717) is 0 Å². The fraction of sp³-hybridized carbons (Fsp3) is 0.462. The second-order valence-electron chi connectivity index (χ2n) is 3.93. The molecule has 1 aromatic carbocycles. The molecular formula is C13H17. The highest BCUT2D eigenvalue weighted by molar-refractivity contribution is 5.32. The second-order valence-corrected chi connectivity index (χ2v) is 3.93. The predicted molar refractivity (Wildman–Crippen MR) is 56.7 cm³/mol. The molecule has 0 fully saturated rings. The quantitative estimate of drug-likeness (QED) is 0.639. The zero-order valence-corrected chi connectivity index (χ0v) is 8.13. The van der Waals surface area contributed by atoms with Crippen LogP contribution in [0.2, 0.25) is 0 Å². The lowest BCUT2D eigenvalue weighted by molar-refractivity contribution is 0.524. The van der Waals surface area contributed by atoms with E-state index >= 15 is 0 Å². The third kappa shape index (κ3) is 1.77. The van der Waals surface area contributed by atoms with Gasteiger partial charge in [-0.1, -0.05) is 37.6 Å². The summed E-state index contributed by atoms with van der Waals surface area (Å²) >= 11 is 0. The lowest BCUT2D eigenvalue weighted by Gasteiger charge is -2.24. The van der Waals surface area contributed by atoms with Crippen LogP contribution in [0, 0.1) is 6.92 Å². The van der Waals surface area contributed by atoms with E-state index < -0.39 is 0 Å². The smallest absolute Gasteiger partial charge is 0.0159 e. The van der Waals surface area contributed by atoms with Gasteiger partial charge in [0.05, 0.1) is 0 Å². The van der Waals surface area contributed by atoms with E-state index in [9.17, 15) is 0 Å². The van der Waals surface area contributed by atoms with E-state index in [0.717, 1.165) is 12.3 Å². The van der Waals surface area contributed by atoms with Crippen molar-refractivity contribution in [3.05, 3.63) is 42.3 Å². The second kappa shape index (κ2) is 3.95. The lowest BCUT2D eigenvalue weighted by atomic mass is 9.81. The molecule has 0 aliphatic heterocycles. The summed E-state index contributed by atoms with van der Waals surface area (Å²) in [6.07, 6.45) is 6.34. The van der Waals surface area contributed by atoms with Crippen molar-refractivity contribution in [2.75, 3.05) is 0 Å². The SMILES string of the molecule is [CH2]CCC1CCCc2ccccc21. The van der Waals surface area contributed by atoms with Gasteiger partial charge in [-0.25, -0.2) is 0 Å². The van der Waals surface area contributed by atoms with Gasteiger partial charge in [0.15, 0.2) is 0 Å². The molecule has 0 bridgehead atoms. The Morgan fingerprint density at radius 2 is 2.15 bits per heavy atom. The highest BCUT2D eigenvalue weighted by atomic mass is 14.2. The zero-order chi connectivity index (χ0) is 9.10. The molecule has 0 aromatic heterocycles. The minimum Gasteiger partial charge on any atom is -0.0620 e. The van der Waals surface area contributed by atoms with Crippen molar-refractivity contribution in [1.29, 1.82) is 0 Å². The van der Waals surface area contributed by atoms with Gasteiger partial charge in [-0.05, 0) is 42.7 Å².